The molecule has 0 saturated carbocycles. The Morgan fingerprint density at radius 2 is 0.817 bits per heavy atom. The van der Waals surface area contributed by atoms with Gasteiger partial charge in [-0.2, -0.15) is 0 Å². The van der Waals surface area contributed by atoms with Gasteiger partial charge in [-0.3, -0.25) is 9.97 Å². The van der Waals surface area contributed by atoms with Crippen LogP contribution in [-0.2, 0) is 38.5 Å². The van der Waals surface area contributed by atoms with Crippen LogP contribution in [0.5, 0.6) is 0 Å². The standard InChI is InChI=1S/2C9H9N.3C8H8N2.C7H7N3/c2*1-2-6-9-8(4-1)5-3-7-10-9;1-3-7-8(9-5-1)4-2-6-10-7;1-3-7-4-2-6-10-8(7)9-5-1;1-2-7-3-5-9-6-8(7)10-4-1;1-2-6-4-8-5-10-7(6)9-3-1/h2*1-4,6-7,10H,5H2;1-3,5-6,10H,4H2;1-3,5-6H,4H2,(H,9,10);1,3-6,10H,2H2;1,3-5H,2H2,(H,8,9,10). The Morgan fingerprint density at radius 3 is 1.43 bits per heavy atom. The predicted octanol–water partition coefficient (Wildman–Crippen LogP) is 9.98. The summed E-state index contributed by atoms with van der Waals surface area (Å²) in [6.45, 7) is 0. The molecule has 0 aliphatic carbocycles. The van der Waals surface area contributed by atoms with Crippen LogP contribution in [0, 0.1) is 0 Å². The number of hydrogen-bond donors (Lipinski definition) is 6. The van der Waals surface area contributed by atoms with Gasteiger partial charge in [0, 0.05) is 48.1 Å². The summed E-state index contributed by atoms with van der Waals surface area (Å²) in [5.41, 5.74) is 12.4. The van der Waals surface area contributed by atoms with Gasteiger partial charge in [0.15, 0.2) is 0 Å². The number of hydrogen-bond acceptors (Lipinski definition) is 11. The van der Waals surface area contributed by atoms with Crippen molar-refractivity contribution in [3.8, 4) is 0 Å². The van der Waals surface area contributed by atoms with Crippen LogP contribution < -0.4 is 31.9 Å². The van der Waals surface area contributed by atoms with E-state index in [4.69, 9.17) is 0 Å². The van der Waals surface area contributed by atoms with Gasteiger partial charge in [0.2, 0.25) is 0 Å². The fourth-order valence-electron chi connectivity index (χ4n) is 6.48. The lowest BCUT2D eigenvalue weighted by Gasteiger charge is -2.10. The van der Waals surface area contributed by atoms with E-state index in [9.17, 15) is 0 Å². The third-order valence-corrected chi connectivity index (χ3v) is 9.62. The number of para-hydroxylation sites is 2. The van der Waals surface area contributed by atoms with Crippen molar-refractivity contribution in [1.82, 2.24) is 24.9 Å². The molecule has 300 valence electrons. The maximum absolute atomic E-state index is 4.21. The van der Waals surface area contributed by atoms with Crippen molar-refractivity contribution in [1.29, 1.82) is 0 Å². The summed E-state index contributed by atoms with van der Waals surface area (Å²) < 4.78 is 0. The Balaban J connectivity index is 0.000000109. The summed E-state index contributed by atoms with van der Waals surface area (Å²) in [7, 11) is 0. The zero-order valence-electron chi connectivity index (χ0n) is 33.4. The highest BCUT2D eigenvalue weighted by atomic mass is 15.0. The normalized spacial score (nSPS) is 14.0. The van der Waals surface area contributed by atoms with Gasteiger partial charge in [0.1, 0.15) is 18.0 Å². The molecule has 6 aromatic rings. The number of nitrogens with one attached hydrogen (secondary N) is 6. The number of rotatable bonds is 0. The summed E-state index contributed by atoms with van der Waals surface area (Å²) in [5, 5.41) is 18.7. The Kier molecular flexibility index (Phi) is 15.0. The summed E-state index contributed by atoms with van der Waals surface area (Å²) in [6, 6.07) is 26.8. The van der Waals surface area contributed by atoms with Crippen LogP contribution in [0.1, 0.15) is 33.5 Å². The zero-order chi connectivity index (χ0) is 40.9. The second-order valence-electron chi connectivity index (χ2n) is 13.8. The van der Waals surface area contributed by atoms with Crippen LogP contribution in [0.15, 0.2) is 190 Å². The lowest BCUT2D eigenvalue weighted by Crippen LogP contribution is -2.02. The average Bonchev–Trinajstić information content (AvgIpc) is 3.35. The first kappa shape index (κ1) is 40.4. The molecule has 0 spiro atoms. The second kappa shape index (κ2) is 22.2. The van der Waals surface area contributed by atoms with Crippen LogP contribution in [0.2, 0.25) is 0 Å². The van der Waals surface area contributed by atoms with Gasteiger partial charge < -0.3 is 31.9 Å². The maximum atomic E-state index is 4.21. The molecule has 0 atom stereocenters. The van der Waals surface area contributed by atoms with E-state index in [1.54, 1.807) is 12.5 Å². The highest BCUT2D eigenvalue weighted by molar-refractivity contribution is 5.57. The summed E-state index contributed by atoms with van der Waals surface area (Å²) >= 11 is 0. The Hall–Kier alpha value is -7.79. The van der Waals surface area contributed by atoms with E-state index < -0.39 is 0 Å². The minimum Gasteiger partial charge on any atom is -0.362 e. The average molecular weight is 792 g/mol. The van der Waals surface area contributed by atoms with Crippen molar-refractivity contribution in [2.24, 2.45) is 0 Å². The molecule has 11 nitrogen and oxygen atoms in total. The minimum atomic E-state index is 0.928. The Labute approximate surface area is 352 Å². The molecular formula is C49H49N11. The summed E-state index contributed by atoms with van der Waals surface area (Å²) in [5.74, 6) is 1.92. The molecule has 4 aromatic heterocycles. The SMILES string of the molecule is C1=CNc2ccccc2C1.C1=CNc2ccccc2C1.C1=CNc2cccnc2C1.C1=CNc2cnccc2C1.C1=CNc2ncccc2C1.C1=CNc2ncncc2C1. The van der Waals surface area contributed by atoms with E-state index in [1.165, 1.54) is 33.6 Å². The van der Waals surface area contributed by atoms with Crippen molar-refractivity contribution in [2.45, 2.75) is 38.5 Å². The number of allylic oxidation sites excluding steroid dienone is 6. The quantitative estimate of drug-likeness (QED) is 0.0877. The van der Waals surface area contributed by atoms with Crippen molar-refractivity contribution in [3.05, 3.63) is 223 Å². The summed E-state index contributed by atoms with van der Waals surface area (Å²) in [6.07, 6.45) is 40.9. The maximum Gasteiger partial charge on any atom is 0.136 e. The summed E-state index contributed by atoms with van der Waals surface area (Å²) in [4.78, 5) is 20.3. The van der Waals surface area contributed by atoms with Gasteiger partial charge >= 0.3 is 0 Å². The molecule has 0 radical (unpaired) electrons. The molecule has 6 N–H and O–H groups in total. The first-order valence-corrected chi connectivity index (χ1v) is 20.0. The molecule has 6 aliphatic rings. The molecule has 12 rings (SSSR count). The molecular weight excluding hydrogens is 743 g/mol. The number of aromatic nitrogens is 5. The van der Waals surface area contributed by atoms with Crippen LogP contribution in [-0.4, -0.2) is 24.9 Å². The van der Waals surface area contributed by atoms with Crippen molar-refractivity contribution in [3.63, 3.8) is 0 Å². The third-order valence-electron chi connectivity index (χ3n) is 9.62. The van der Waals surface area contributed by atoms with E-state index in [0.717, 1.165) is 72.8 Å². The zero-order valence-corrected chi connectivity index (χ0v) is 33.4. The second-order valence-corrected chi connectivity index (χ2v) is 13.8. The van der Waals surface area contributed by atoms with Crippen LogP contribution in [0.25, 0.3) is 0 Å². The fourth-order valence-corrected chi connectivity index (χ4v) is 6.48. The van der Waals surface area contributed by atoms with Crippen molar-refractivity contribution < 1.29 is 0 Å². The number of benzene rings is 2. The monoisotopic (exact) mass is 791 g/mol. The number of nitrogens with zero attached hydrogens (tertiary/aromatic N) is 5. The molecule has 0 amide bonds. The highest BCUT2D eigenvalue weighted by Gasteiger charge is 2.05. The molecule has 11 heteroatoms. The van der Waals surface area contributed by atoms with Crippen LogP contribution in [0.3, 0.4) is 0 Å². The van der Waals surface area contributed by atoms with Crippen LogP contribution in [0.4, 0.5) is 34.4 Å². The predicted molar refractivity (Wildman–Crippen MR) is 246 cm³/mol. The van der Waals surface area contributed by atoms with Gasteiger partial charge in [-0.25, -0.2) is 15.0 Å². The van der Waals surface area contributed by atoms with Gasteiger partial charge in [0.25, 0.3) is 0 Å². The number of pyridine rings is 3. The van der Waals surface area contributed by atoms with E-state index in [1.807, 2.05) is 104 Å². The lowest BCUT2D eigenvalue weighted by molar-refractivity contribution is 1.07. The topological polar surface area (TPSA) is 137 Å². The molecule has 0 saturated heterocycles. The fraction of sp³-hybridized carbons (Fsp3) is 0.122. The van der Waals surface area contributed by atoms with E-state index in [-0.39, 0.29) is 0 Å². The molecule has 0 unspecified atom stereocenters. The van der Waals surface area contributed by atoms with E-state index in [0.29, 0.717) is 0 Å². The third kappa shape index (κ3) is 12.1. The minimum absolute atomic E-state index is 0.928. The molecule has 2 aromatic carbocycles. The van der Waals surface area contributed by atoms with Gasteiger partial charge in [0.05, 0.1) is 23.3 Å². The largest absolute Gasteiger partial charge is 0.362 e. The molecule has 6 aliphatic heterocycles. The lowest BCUT2D eigenvalue weighted by atomic mass is 10.1. The first-order valence-electron chi connectivity index (χ1n) is 20.0. The van der Waals surface area contributed by atoms with E-state index in [2.05, 4.69) is 130 Å². The van der Waals surface area contributed by atoms with Crippen molar-refractivity contribution >= 4 is 34.4 Å². The number of fused-ring (bicyclic) bond motifs is 6. The van der Waals surface area contributed by atoms with Gasteiger partial charge in [-0.1, -0.05) is 78.9 Å². The molecule has 10 heterocycles. The first-order chi connectivity index (χ1) is 29.8. The van der Waals surface area contributed by atoms with Gasteiger partial charge in [-0.15, -0.1) is 0 Å². The van der Waals surface area contributed by atoms with E-state index >= 15 is 0 Å². The molecule has 0 fully saturated rings. The highest BCUT2D eigenvalue weighted by Crippen LogP contribution is 2.21. The molecule has 0 bridgehead atoms. The van der Waals surface area contributed by atoms with Gasteiger partial charge in [-0.05, 0) is 128 Å². The smallest absolute Gasteiger partial charge is 0.136 e. The molecule has 60 heavy (non-hydrogen) atoms. The van der Waals surface area contributed by atoms with Crippen LogP contribution >= 0.6 is 0 Å². The Morgan fingerprint density at radius 1 is 0.333 bits per heavy atom. The van der Waals surface area contributed by atoms with Crippen molar-refractivity contribution in [2.75, 3.05) is 31.9 Å². The number of anilines is 6. The Bertz CT molecular complexity index is 1880.